The average Bonchev–Trinajstić information content (AvgIpc) is 2.20. The SMILES string of the molecule is CCC[CH2][Sn][CH2]CCCCCCC(Cl)Cl. The molecule has 0 unspecified atom stereocenters. The van der Waals surface area contributed by atoms with E-state index in [1.54, 1.807) is 8.87 Å². The Balaban J connectivity index is 2.87. The zero-order valence-electron chi connectivity index (χ0n) is 9.90. The second kappa shape index (κ2) is 13.4. The fraction of sp³-hybridized carbons (Fsp3) is 1.00. The summed E-state index contributed by atoms with van der Waals surface area (Å²) < 4.78 is 3.19. The first-order valence-electron chi connectivity index (χ1n) is 6.26. The van der Waals surface area contributed by atoms with Crippen LogP contribution in [-0.2, 0) is 0 Å². The normalized spacial score (nSPS) is 11.2. The van der Waals surface area contributed by atoms with Crippen molar-refractivity contribution in [3.05, 3.63) is 0 Å². The molecule has 15 heavy (non-hydrogen) atoms. The van der Waals surface area contributed by atoms with Gasteiger partial charge in [-0.2, -0.15) is 0 Å². The van der Waals surface area contributed by atoms with Gasteiger partial charge in [0, 0.05) is 0 Å². The van der Waals surface area contributed by atoms with Crippen molar-refractivity contribution in [2.45, 2.75) is 72.0 Å². The fourth-order valence-corrected chi connectivity index (χ4v) is 5.68. The third-order valence-electron chi connectivity index (χ3n) is 2.48. The van der Waals surface area contributed by atoms with E-state index in [-0.39, 0.29) is 26.0 Å². The Morgan fingerprint density at radius 3 is 2.13 bits per heavy atom. The van der Waals surface area contributed by atoms with Crippen LogP contribution in [0.2, 0.25) is 8.87 Å². The Morgan fingerprint density at radius 2 is 1.47 bits per heavy atom. The van der Waals surface area contributed by atoms with Gasteiger partial charge in [0.05, 0.1) is 0 Å². The van der Waals surface area contributed by atoms with Crippen molar-refractivity contribution in [1.29, 1.82) is 0 Å². The van der Waals surface area contributed by atoms with E-state index in [9.17, 15) is 0 Å². The zero-order chi connectivity index (χ0) is 11.4. The first-order valence-corrected chi connectivity index (χ1v) is 11.2. The molecule has 0 N–H and O–H groups in total. The summed E-state index contributed by atoms with van der Waals surface area (Å²) in [7, 11) is 0. The molecule has 3 heteroatoms. The maximum atomic E-state index is 5.66. The summed E-state index contributed by atoms with van der Waals surface area (Å²) in [6.45, 7) is 2.29. The molecule has 0 bridgehead atoms. The molecular weight excluding hydrogens is 334 g/mol. The molecular formula is C12H24Cl2Sn. The van der Waals surface area contributed by atoms with Crippen molar-refractivity contribution in [2.24, 2.45) is 0 Å². The third kappa shape index (κ3) is 15.4. The molecule has 0 atom stereocenters. The minimum atomic E-state index is -0.145. The molecule has 0 aromatic rings. The van der Waals surface area contributed by atoms with Gasteiger partial charge in [0.1, 0.15) is 0 Å². The van der Waals surface area contributed by atoms with Crippen LogP contribution >= 0.6 is 23.2 Å². The number of alkyl halides is 2. The molecule has 0 aliphatic rings. The molecule has 0 fully saturated rings. The summed E-state index contributed by atoms with van der Waals surface area (Å²) in [6, 6.07) is 0. The number of hydrogen-bond acceptors (Lipinski definition) is 0. The van der Waals surface area contributed by atoms with Crippen LogP contribution in [0, 0.1) is 0 Å². The molecule has 0 aromatic carbocycles. The van der Waals surface area contributed by atoms with Crippen molar-refractivity contribution in [2.75, 3.05) is 0 Å². The molecule has 0 saturated heterocycles. The van der Waals surface area contributed by atoms with Gasteiger partial charge in [-0.3, -0.25) is 0 Å². The summed E-state index contributed by atoms with van der Waals surface area (Å²) >= 11 is 11.4. The average molecular weight is 358 g/mol. The summed E-state index contributed by atoms with van der Waals surface area (Å²) in [5.74, 6) is 0. The Kier molecular flexibility index (Phi) is 14.7. The molecule has 0 aromatic heterocycles. The topological polar surface area (TPSA) is 0 Å². The second-order valence-electron chi connectivity index (χ2n) is 4.05. The van der Waals surface area contributed by atoms with Crippen molar-refractivity contribution < 1.29 is 0 Å². The number of unbranched alkanes of at least 4 members (excludes halogenated alkanes) is 5. The fourth-order valence-electron chi connectivity index (χ4n) is 1.51. The van der Waals surface area contributed by atoms with E-state index < -0.39 is 0 Å². The van der Waals surface area contributed by atoms with Crippen LogP contribution in [0.5, 0.6) is 0 Å². The van der Waals surface area contributed by atoms with Gasteiger partial charge in [0.25, 0.3) is 0 Å². The van der Waals surface area contributed by atoms with Gasteiger partial charge in [-0.25, -0.2) is 0 Å². The Morgan fingerprint density at radius 1 is 0.867 bits per heavy atom. The Bertz CT molecular complexity index is 118. The van der Waals surface area contributed by atoms with Gasteiger partial charge < -0.3 is 0 Å². The van der Waals surface area contributed by atoms with Gasteiger partial charge in [-0.1, -0.05) is 0 Å². The molecule has 0 heterocycles. The number of rotatable bonds is 11. The summed E-state index contributed by atoms with van der Waals surface area (Å²) in [5.41, 5.74) is 0. The quantitative estimate of drug-likeness (QED) is 0.261. The van der Waals surface area contributed by atoms with E-state index in [1.807, 2.05) is 0 Å². The summed E-state index contributed by atoms with van der Waals surface area (Å²) in [5, 5.41) is 0. The molecule has 0 rings (SSSR count). The van der Waals surface area contributed by atoms with Crippen LogP contribution in [0.4, 0.5) is 0 Å². The molecule has 0 saturated carbocycles. The van der Waals surface area contributed by atoms with Crippen LogP contribution < -0.4 is 0 Å². The van der Waals surface area contributed by atoms with Gasteiger partial charge in [-0.05, 0) is 0 Å². The van der Waals surface area contributed by atoms with Crippen LogP contribution in [0.1, 0.15) is 58.3 Å². The number of halogens is 2. The van der Waals surface area contributed by atoms with Crippen molar-refractivity contribution in [3.63, 3.8) is 0 Å². The zero-order valence-corrected chi connectivity index (χ0v) is 14.3. The predicted octanol–water partition coefficient (Wildman–Crippen LogP) is 5.47. The van der Waals surface area contributed by atoms with E-state index in [2.05, 4.69) is 6.92 Å². The van der Waals surface area contributed by atoms with E-state index >= 15 is 0 Å². The monoisotopic (exact) mass is 358 g/mol. The molecule has 0 amide bonds. The first kappa shape index (κ1) is 16.4. The molecule has 0 spiro atoms. The molecule has 90 valence electrons. The van der Waals surface area contributed by atoms with Gasteiger partial charge in [0.2, 0.25) is 0 Å². The molecule has 0 aliphatic carbocycles. The Hall–Kier alpha value is 1.38. The first-order chi connectivity index (χ1) is 7.27. The van der Waals surface area contributed by atoms with Crippen LogP contribution in [0.15, 0.2) is 0 Å². The molecule has 0 nitrogen and oxygen atoms in total. The molecule has 0 aliphatic heterocycles. The van der Waals surface area contributed by atoms with Crippen molar-refractivity contribution >= 4 is 44.3 Å². The van der Waals surface area contributed by atoms with Crippen LogP contribution in [0.3, 0.4) is 0 Å². The van der Waals surface area contributed by atoms with E-state index in [0.29, 0.717) is 0 Å². The summed E-state index contributed by atoms with van der Waals surface area (Å²) in [4.78, 5) is -0.145. The van der Waals surface area contributed by atoms with Crippen LogP contribution in [-0.4, -0.2) is 26.0 Å². The summed E-state index contributed by atoms with van der Waals surface area (Å²) in [6.07, 6.45) is 10.7. The maximum absolute atomic E-state index is 5.66. The van der Waals surface area contributed by atoms with Gasteiger partial charge >= 0.3 is 116 Å². The molecule has 2 radical (unpaired) electrons. The minimum absolute atomic E-state index is 0.0539. The van der Waals surface area contributed by atoms with Crippen molar-refractivity contribution in [3.8, 4) is 0 Å². The van der Waals surface area contributed by atoms with E-state index in [1.165, 1.54) is 44.9 Å². The van der Waals surface area contributed by atoms with E-state index in [0.717, 1.165) is 6.42 Å². The van der Waals surface area contributed by atoms with Crippen molar-refractivity contribution in [1.82, 2.24) is 0 Å². The van der Waals surface area contributed by atoms with Gasteiger partial charge in [-0.15, -0.1) is 0 Å². The third-order valence-corrected chi connectivity index (χ3v) is 6.96. The second-order valence-corrected chi connectivity index (χ2v) is 9.61. The van der Waals surface area contributed by atoms with Crippen LogP contribution in [0.25, 0.3) is 0 Å². The van der Waals surface area contributed by atoms with Gasteiger partial charge in [0.15, 0.2) is 0 Å². The number of hydrogen-bond donors (Lipinski definition) is 0. The predicted molar refractivity (Wildman–Crippen MR) is 73.5 cm³/mol. The van der Waals surface area contributed by atoms with E-state index in [4.69, 9.17) is 23.2 Å². The standard InChI is InChI=1S/C8H15Cl2.C4H9.Sn/c1-2-3-4-5-6-7-8(9)10;1-3-4-2;/h8H,1-7H2;1,3-4H2,2H3;. The Labute approximate surface area is 116 Å².